The predicted octanol–water partition coefficient (Wildman–Crippen LogP) is 4.18. The molecule has 0 fully saturated rings. The van der Waals surface area contributed by atoms with Gasteiger partial charge in [0, 0.05) is 12.4 Å². The second-order valence-corrected chi connectivity index (χ2v) is 6.49. The van der Waals surface area contributed by atoms with Gasteiger partial charge in [-0.05, 0) is 54.4 Å². The molecule has 106 valence electrons. The maximum atomic E-state index is 4.27. The molecule has 1 aromatic heterocycles. The molecule has 0 radical (unpaired) electrons. The number of hydrogen-bond acceptors (Lipinski definition) is 2. The van der Waals surface area contributed by atoms with Crippen LogP contribution < -0.4 is 0 Å². The van der Waals surface area contributed by atoms with Crippen LogP contribution in [0, 0.1) is 13.8 Å². The van der Waals surface area contributed by atoms with Crippen molar-refractivity contribution in [2.75, 3.05) is 0 Å². The molecule has 0 unspecified atom stereocenters. The summed E-state index contributed by atoms with van der Waals surface area (Å²) < 4.78 is 0. The van der Waals surface area contributed by atoms with Crippen LogP contribution in [0.3, 0.4) is 0 Å². The minimum Gasteiger partial charge on any atom is -0.241 e. The quantitative estimate of drug-likeness (QED) is 0.834. The molecule has 0 aliphatic carbocycles. The van der Waals surface area contributed by atoms with Crippen LogP contribution in [-0.2, 0) is 18.3 Å². The third kappa shape index (κ3) is 3.44. The highest BCUT2D eigenvalue weighted by molar-refractivity contribution is 5.39. The van der Waals surface area contributed by atoms with E-state index < -0.39 is 0 Å². The van der Waals surface area contributed by atoms with Crippen LogP contribution in [0.15, 0.2) is 30.6 Å². The van der Waals surface area contributed by atoms with Crippen molar-refractivity contribution in [2.45, 2.75) is 52.9 Å². The second kappa shape index (κ2) is 5.74. The van der Waals surface area contributed by atoms with Crippen molar-refractivity contribution in [3.05, 3.63) is 58.7 Å². The Balaban J connectivity index is 2.23. The SMILES string of the molecule is Cc1ncc(CCc2c(C)cccc2C(C)(C)C)cn1. The fourth-order valence-electron chi connectivity index (χ4n) is 2.55. The fourth-order valence-corrected chi connectivity index (χ4v) is 2.55. The van der Waals surface area contributed by atoms with E-state index in [1.54, 1.807) is 0 Å². The second-order valence-electron chi connectivity index (χ2n) is 6.49. The molecular weight excluding hydrogens is 244 g/mol. The van der Waals surface area contributed by atoms with E-state index in [0.717, 1.165) is 18.7 Å². The number of hydrogen-bond donors (Lipinski definition) is 0. The first-order valence-electron chi connectivity index (χ1n) is 7.24. The van der Waals surface area contributed by atoms with Gasteiger partial charge in [-0.15, -0.1) is 0 Å². The van der Waals surface area contributed by atoms with Crippen molar-refractivity contribution in [3.63, 3.8) is 0 Å². The molecule has 0 N–H and O–H groups in total. The van der Waals surface area contributed by atoms with Gasteiger partial charge in [0.15, 0.2) is 0 Å². The monoisotopic (exact) mass is 268 g/mol. The van der Waals surface area contributed by atoms with E-state index in [2.05, 4.69) is 55.9 Å². The average molecular weight is 268 g/mol. The molecule has 0 atom stereocenters. The Bertz CT molecular complexity index is 577. The van der Waals surface area contributed by atoms with E-state index in [4.69, 9.17) is 0 Å². The maximum Gasteiger partial charge on any atom is 0.125 e. The summed E-state index contributed by atoms with van der Waals surface area (Å²) in [5, 5.41) is 0. The Morgan fingerprint density at radius 2 is 1.60 bits per heavy atom. The highest BCUT2D eigenvalue weighted by Crippen LogP contribution is 2.28. The van der Waals surface area contributed by atoms with Gasteiger partial charge in [0.1, 0.15) is 5.82 Å². The molecule has 2 nitrogen and oxygen atoms in total. The van der Waals surface area contributed by atoms with Crippen LogP contribution in [0.5, 0.6) is 0 Å². The Morgan fingerprint density at radius 1 is 0.950 bits per heavy atom. The van der Waals surface area contributed by atoms with Crippen molar-refractivity contribution in [2.24, 2.45) is 0 Å². The van der Waals surface area contributed by atoms with Crippen LogP contribution in [0.2, 0.25) is 0 Å². The summed E-state index contributed by atoms with van der Waals surface area (Å²) in [5.74, 6) is 0.833. The molecule has 0 aliphatic rings. The lowest BCUT2D eigenvalue weighted by molar-refractivity contribution is 0.581. The molecule has 0 spiro atoms. The van der Waals surface area contributed by atoms with Crippen LogP contribution in [0.1, 0.15) is 48.8 Å². The van der Waals surface area contributed by atoms with Crippen molar-refractivity contribution in [1.29, 1.82) is 0 Å². The van der Waals surface area contributed by atoms with Gasteiger partial charge in [-0.2, -0.15) is 0 Å². The molecule has 1 aromatic carbocycles. The number of nitrogens with zero attached hydrogens (tertiary/aromatic N) is 2. The standard InChI is InChI=1S/C18H24N2/c1-13-7-6-8-17(18(3,4)5)16(13)10-9-15-11-19-14(2)20-12-15/h6-8,11-12H,9-10H2,1-5H3. The van der Waals surface area contributed by atoms with Crippen LogP contribution >= 0.6 is 0 Å². The summed E-state index contributed by atoms with van der Waals surface area (Å²) in [6.07, 6.45) is 5.93. The summed E-state index contributed by atoms with van der Waals surface area (Å²) in [5.41, 5.74) is 5.70. The molecule has 0 aliphatic heterocycles. The average Bonchev–Trinajstić information content (AvgIpc) is 2.38. The highest BCUT2D eigenvalue weighted by Gasteiger charge is 2.18. The molecule has 20 heavy (non-hydrogen) atoms. The molecule has 1 heterocycles. The molecule has 2 rings (SSSR count). The van der Waals surface area contributed by atoms with Gasteiger partial charge in [0.05, 0.1) is 0 Å². The molecular formula is C18H24N2. The lowest BCUT2D eigenvalue weighted by atomic mass is 9.81. The normalized spacial score (nSPS) is 11.7. The minimum atomic E-state index is 0.186. The first-order valence-corrected chi connectivity index (χ1v) is 7.24. The van der Waals surface area contributed by atoms with Crippen molar-refractivity contribution in [3.8, 4) is 0 Å². The van der Waals surface area contributed by atoms with E-state index in [-0.39, 0.29) is 5.41 Å². The fraction of sp³-hybridized carbons (Fsp3) is 0.444. The summed E-state index contributed by atoms with van der Waals surface area (Å²) >= 11 is 0. The van der Waals surface area contributed by atoms with Crippen molar-refractivity contribution >= 4 is 0 Å². The molecule has 0 saturated heterocycles. The first-order chi connectivity index (χ1) is 9.38. The Kier molecular flexibility index (Phi) is 4.22. The third-order valence-corrected chi connectivity index (χ3v) is 3.72. The van der Waals surface area contributed by atoms with Gasteiger partial charge >= 0.3 is 0 Å². The first kappa shape index (κ1) is 14.7. The predicted molar refractivity (Wildman–Crippen MR) is 84.1 cm³/mol. The van der Waals surface area contributed by atoms with E-state index >= 15 is 0 Å². The Hall–Kier alpha value is -1.70. The lowest BCUT2D eigenvalue weighted by Crippen LogP contribution is -2.15. The molecule has 0 bridgehead atoms. The van der Waals surface area contributed by atoms with Crippen LogP contribution in [0.25, 0.3) is 0 Å². The Labute approximate surface area is 122 Å². The van der Waals surface area contributed by atoms with Gasteiger partial charge in [-0.25, -0.2) is 9.97 Å². The van der Waals surface area contributed by atoms with Gasteiger partial charge in [0.2, 0.25) is 0 Å². The molecule has 2 aromatic rings. The summed E-state index contributed by atoms with van der Waals surface area (Å²) in [7, 11) is 0. The minimum absolute atomic E-state index is 0.186. The Morgan fingerprint density at radius 3 is 2.20 bits per heavy atom. The van der Waals surface area contributed by atoms with Gasteiger partial charge in [-0.1, -0.05) is 39.0 Å². The highest BCUT2D eigenvalue weighted by atomic mass is 14.8. The zero-order valence-corrected chi connectivity index (χ0v) is 13.2. The van der Waals surface area contributed by atoms with Crippen molar-refractivity contribution < 1.29 is 0 Å². The van der Waals surface area contributed by atoms with Crippen LogP contribution in [-0.4, -0.2) is 9.97 Å². The largest absolute Gasteiger partial charge is 0.241 e. The smallest absolute Gasteiger partial charge is 0.125 e. The molecule has 2 heteroatoms. The zero-order valence-electron chi connectivity index (χ0n) is 13.2. The van der Waals surface area contributed by atoms with E-state index in [0.29, 0.717) is 0 Å². The number of aryl methyl sites for hydroxylation is 3. The van der Waals surface area contributed by atoms with E-state index in [9.17, 15) is 0 Å². The summed E-state index contributed by atoms with van der Waals surface area (Å²) in [4.78, 5) is 8.55. The zero-order chi connectivity index (χ0) is 14.8. The third-order valence-electron chi connectivity index (χ3n) is 3.72. The topological polar surface area (TPSA) is 25.8 Å². The summed E-state index contributed by atoms with van der Waals surface area (Å²) in [6.45, 7) is 11.0. The summed E-state index contributed by atoms with van der Waals surface area (Å²) in [6, 6.07) is 6.62. The molecule has 0 amide bonds. The molecule has 0 saturated carbocycles. The van der Waals surface area contributed by atoms with Crippen molar-refractivity contribution in [1.82, 2.24) is 9.97 Å². The number of benzene rings is 1. The van der Waals surface area contributed by atoms with Crippen LogP contribution in [0.4, 0.5) is 0 Å². The lowest BCUT2D eigenvalue weighted by Gasteiger charge is -2.24. The maximum absolute atomic E-state index is 4.27. The van der Waals surface area contributed by atoms with Gasteiger partial charge in [-0.3, -0.25) is 0 Å². The number of rotatable bonds is 3. The van der Waals surface area contributed by atoms with Gasteiger partial charge in [0.25, 0.3) is 0 Å². The van der Waals surface area contributed by atoms with Gasteiger partial charge < -0.3 is 0 Å². The van der Waals surface area contributed by atoms with E-state index in [1.165, 1.54) is 22.3 Å². The number of aromatic nitrogens is 2. The van der Waals surface area contributed by atoms with E-state index in [1.807, 2.05) is 19.3 Å².